The summed E-state index contributed by atoms with van der Waals surface area (Å²) in [6.07, 6.45) is 4.11. The van der Waals surface area contributed by atoms with Gasteiger partial charge in [-0.25, -0.2) is 0 Å². The van der Waals surface area contributed by atoms with Crippen LogP contribution in [0.5, 0.6) is 23.0 Å². The van der Waals surface area contributed by atoms with Crippen LogP contribution in [0.15, 0.2) is 84.3 Å². The average Bonchev–Trinajstić information content (AvgIpc) is 4.07. The van der Waals surface area contributed by atoms with Gasteiger partial charge in [0.05, 0.1) is 87.6 Å². The molecule has 0 N–H and O–H groups in total. The fraction of sp³-hybridized carbons (Fsp3) is 0.429. The van der Waals surface area contributed by atoms with E-state index in [0.29, 0.717) is 38.6 Å². The highest BCUT2D eigenvalue weighted by Crippen LogP contribution is 2.46. The van der Waals surface area contributed by atoms with Gasteiger partial charge in [-0.2, -0.15) is 0 Å². The highest BCUT2D eigenvalue weighted by Gasteiger charge is 2.30. The Labute approximate surface area is 397 Å². The first-order valence-corrected chi connectivity index (χ1v) is 24.6. The molecule has 0 aliphatic carbocycles. The van der Waals surface area contributed by atoms with Gasteiger partial charge in [0, 0.05) is 23.7 Å². The van der Waals surface area contributed by atoms with Crippen LogP contribution in [-0.4, -0.2) is 51.8 Å². The van der Waals surface area contributed by atoms with E-state index in [4.69, 9.17) is 28.4 Å². The molecule has 2 heterocycles. The number of halogens is 8. The van der Waals surface area contributed by atoms with E-state index >= 15 is 0 Å². The molecule has 0 radical (unpaired) electrons. The SMILES string of the molecule is CC(C)(c1cc(Br)c(OCCCCOc2c(Br)cc(C(C)(C)c3cc(Br)c(OCCC4CO4)c(Br)c3)cc2Br)c(Br)c1)c1cc(Br)c(OCCC2CO2)c(Br)c1. The number of benzene rings is 4. The zero-order valence-electron chi connectivity index (χ0n) is 31.3. The molecule has 2 saturated heterocycles. The maximum atomic E-state index is 6.28. The predicted molar refractivity (Wildman–Crippen MR) is 252 cm³/mol. The third-order valence-electron chi connectivity index (χ3n) is 10.1. The van der Waals surface area contributed by atoms with Crippen molar-refractivity contribution in [3.63, 3.8) is 0 Å². The van der Waals surface area contributed by atoms with E-state index in [0.717, 1.165) is 120 Å². The normalized spacial score (nSPS) is 16.5. The molecule has 2 fully saturated rings. The summed E-state index contributed by atoms with van der Waals surface area (Å²) in [4.78, 5) is 0. The van der Waals surface area contributed by atoms with Gasteiger partial charge in [-0.05, 0) is 211 Å². The van der Waals surface area contributed by atoms with Crippen LogP contribution in [-0.2, 0) is 20.3 Å². The molecule has 0 bridgehead atoms. The van der Waals surface area contributed by atoms with Crippen molar-refractivity contribution in [1.29, 1.82) is 0 Å². The van der Waals surface area contributed by atoms with Crippen LogP contribution < -0.4 is 18.9 Å². The minimum Gasteiger partial charge on any atom is -0.491 e. The van der Waals surface area contributed by atoms with Crippen molar-refractivity contribution in [2.75, 3.05) is 39.6 Å². The van der Waals surface area contributed by atoms with Gasteiger partial charge >= 0.3 is 0 Å². The molecular formula is C42H42Br8O6. The zero-order chi connectivity index (χ0) is 40.4. The number of ether oxygens (including phenoxy) is 6. The molecule has 2 atom stereocenters. The Kier molecular flexibility index (Phi) is 16.0. The molecule has 2 aliphatic rings. The Bertz CT molecular complexity index is 1810. The number of epoxide rings is 2. The molecule has 6 rings (SSSR count). The summed E-state index contributed by atoms with van der Waals surface area (Å²) < 4.78 is 42.5. The Morgan fingerprint density at radius 3 is 0.857 bits per heavy atom. The first-order chi connectivity index (χ1) is 26.6. The summed E-state index contributed by atoms with van der Waals surface area (Å²) >= 11 is 30.1. The highest BCUT2D eigenvalue weighted by atomic mass is 79.9. The largest absolute Gasteiger partial charge is 0.491 e. The third kappa shape index (κ3) is 11.4. The molecule has 2 unspecified atom stereocenters. The molecule has 56 heavy (non-hydrogen) atoms. The van der Waals surface area contributed by atoms with Crippen LogP contribution in [0.1, 0.15) is 75.6 Å². The van der Waals surface area contributed by atoms with Gasteiger partial charge in [0.1, 0.15) is 23.0 Å². The number of rotatable bonds is 19. The van der Waals surface area contributed by atoms with Crippen molar-refractivity contribution in [3.8, 4) is 23.0 Å². The summed E-state index contributed by atoms with van der Waals surface area (Å²) in [5.41, 5.74) is 3.96. The molecule has 0 amide bonds. The smallest absolute Gasteiger partial charge is 0.147 e. The van der Waals surface area contributed by atoms with Gasteiger partial charge in [0.25, 0.3) is 0 Å². The molecule has 0 saturated carbocycles. The van der Waals surface area contributed by atoms with Crippen molar-refractivity contribution in [1.82, 2.24) is 0 Å². The molecule has 4 aromatic rings. The summed E-state index contributed by atoms with van der Waals surface area (Å²) in [5, 5.41) is 0. The van der Waals surface area contributed by atoms with E-state index in [9.17, 15) is 0 Å². The Balaban J connectivity index is 1.01. The van der Waals surface area contributed by atoms with Gasteiger partial charge in [-0.15, -0.1) is 0 Å². The lowest BCUT2D eigenvalue weighted by atomic mass is 9.78. The van der Waals surface area contributed by atoms with E-state index < -0.39 is 0 Å². The Morgan fingerprint density at radius 2 is 0.643 bits per heavy atom. The monoisotopic (exact) mass is 1270 g/mol. The Morgan fingerprint density at radius 1 is 0.429 bits per heavy atom. The maximum Gasteiger partial charge on any atom is 0.147 e. The molecule has 0 aromatic heterocycles. The van der Waals surface area contributed by atoms with Crippen LogP contribution in [0.4, 0.5) is 0 Å². The number of hydrogen-bond acceptors (Lipinski definition) is 6. The van der Waals surface area contributed by atoms with Gasteiger partial charge in [0.2, 0.25) is 0 Å². The zero-order valence-corrected chi connectivity index (χ0v) is 44.0. The molecule has 14 heteroatoms. The van der Waals surface area contributed by atoms with E-state index in [2.05, 4.69) is 204 Å². The van der Waals surface area contributed by atoms with Crippen molar-refractivity contribution < 1.29 is 28.4 Å². The molecule has 4 aromatic carbocycles. The summed E-state index contributed by atoms with van der Waals surface area (Å²) in [6.45, 7) is 12.9. The van der Waals surface area contributed by atoms with E-state index in [1.807, 2.05) is 0 Å². The molecule has 302 valence electrons. The summed E-state index contributed by atoms with van der Waals surface area (Å²) in [5.74, 6) is 3.18. The molecular weight excluding hydrogens is 1240 g/mol. The topological polar surface area (TPSA) is 62.0 Å². The standard InChI is InChI=1S/C42H42Br8O6/c1-41(2,25-17-33(47)39(34(48)18-25)53-11-7-27-21-55-27)23-13-29(43)37(30(44)14-23)51-9-5-6-10-52-38-31(45)15-24(16-32(38)46)42(3,4)26-19-35(49)40(36(50)20-26)54-12-8-28-22-56-28/h13-20,27-28H,5-12,21-22H2,1-4H3. The first kappa shape index (κ1) is 45.4. The van der Waals surface area contributed by atoms with Crippen molar-refractivity contribution in [3.05, 3.63) is 107 Å². The lowest BCUT2D eigenvalue weighted by Gasteiger charge is -2.28. The Hall–Kier alpha value is -0.160. The van der Waals surface area contributed by atoms with Crippen molar-refractivity contribution >= 4 is 127 Å². The second-order valence-electron chi connectivity index (χ2n) is 14.9. The quantitative estimate of drug-likeness (QED) is 0.0689. The summed E-state index contributed by atoms with van der Waals surface area (Å²) in [6, 6.07) is 17.1. The van der Waals surface area contributed by atoms with Crippen LogP contribution in [0.3, 0.4) is 0 Å². The summed E-state index contributed by atoms with van der Waals surface area (Å²) in [7, 11) is 0. The average molecular weight is 1280 g/mol. The van der Waals surface area contributed by atoms with E-state index in [1.165, 1.54) is 0 Å². The second kappa shape index (κ2) is 19.7. The lowest BCUT2D eigenvalue weighted by molar-refractivity contribution is 0.263. The van der Waals surface area contributed by atoms with Gasteiger partial charge in [-0.3, -0.25) is 0 Å². The molecule has 2 aliphatic heterocycles. The lowest BCUT2D eigenvalue weighted by Crippen LogP contribution is -2.19. The third-order valence-corrected chi connectivity index (χ3v) is 14.8. The predicted octanol–water partition coefficient (Wildman–Crippen LogP) is 15.0. The van der Waals surface area contributed by atoms with Gasteiger partial charge in [-0.1, -0.05) is 27.7 Å². The minimum absolute atomic E-state index is 0.302. The number of unbranched alkanes of at least 4 members (excludes halogenated alkanes) is 1. The molecule has 6 nitrogen and oxygen atoms in total. The van der Waals surface area contributed by atoms with Crippen molar-refractivity contribution in [2.45, 2.75) is 76.4 Å². The second-order valence-corrected chi connectivity index (χ2v) is 21.7. The van der Waals surface area contributed by atoms with Crippen LogP contribution in [0.25, 0.3) is 0 Å². The van der Waals surface area contributed by atoms with E-state index in [1.54, 1.807) is 0 Å². The van der Waals surface area contributed by atoms with Crippen LogP contribution in [0.2, 0.25) is 0 Å². The van der Waals surface area contributed by atoms with E-state index in [-0.39, 0.29) is 10.8 Å². The fourth-order valence-electron chi connectivity index (χ4n) is 6.17. The number of hydrogen-bond donors (Lipinski definition) is 0. The fourth-order valence-corrected chi connectivity index (χ4v) is 11.8. The van der Waals surface area contributed by atoms with Crippen molar-refractivity contribution in [2.24, 2.45) is 0 Å². The molecule has 0 spiro atoms. The van der Waals surface area contributed by atoms with Gasteiger partial charge < -0.3 is 28.4 Å². The minimum atomic E-state index is -0.302. The maximum absolute atomic E-state index is 6.28. The van der Waals surface area contributed by atoms with Crippen LogP contribution >= 0.6 is 127 Å². The highest BCUT2D eigenvalue weighted by molar-refractivity contribution is 9.12. The first-order valence-electron chi connectivity index (χ1n) is 18.3. The van der Waals surface area contributed by atoms with Crippen LogP contribution in [0, 0.1) is 0 Å². The van der Waals surface area contributed by atoms with Gasteiger partial charge in [0.15, 0.2) is 0 Å².